The number of benzene rings is 9. The molecule has 0 radical (unpaired) electrons. The van der Waals surface area contributed by atoms with Gasteiger partial charge in [0, 0.05) is 77.2 Å². The minimum absolute atomic E-state index is 1.14. The van der Waals surface area contributed by atoms with Crippen molar-refractivity contribution in [2.24, 2.45) is 0 Å². The van der Waals surface area contributed by atoms with Crippen LogP contribution in [0.1, 0.15) is 33.4 Å². The maximum Gasteiger partial charge on any atom is 0.0620 e. The molecule has 0 N–H and O–H groups in total. The van der Waals surface area contributed by atoms with Gasteiger partial charge in [-0.15, -0.1) is 0 Å². The molecule has 4 aromatic heterocycles. The van der Waals surface area contributed by atoms with E-state index in [2.05, 4.69) is 230 Å². The number of hydrogen-bond donors (Lipinski definition) is 0. The fourth-order valence-corrected chi connectivity index (χ4v) is 11.0. The van der Waals surface area contributed by atoms with Crippen molar-refractivity contribution in [2.45, 2.75) is 41.5 Å². The summed E-state index contributed by atoms with van der Waals surface area (Å²) in [5, 5.41) is 10.2. The van der Waals surface area contributed by atoms with Crippen LogP contribution in [0.3, 0.4) is 0 Å². The molecule has 0 amide bonds. The molecule has 0 saturated heterocycles. The first-order valence-corrected chi connectivity index (χ1v) is 22.4. The van der Waals surface area contributed by atoms with Gasteiger partial charge in [-0.2, -0.15) is 0 Å². The van der Waals surface area contributed by atoms with Crippen molar-refractivity contribution in [3.05, 3.63) is 203 Å². The molecule has 4 heteroatoms. The predicted molar refractivity (Wildman–Crippen MR) is 274 cm³/mol. The maximum atomic E-state index is 2.54. The molecule has 306 valence electrons. The Labute approximate surface area is 372 Å². The number of para-hydroxylation sites is 4. The van der Waals surface area contributed by atoms with Gasteiger partial charge < -0.3 is 18.6 Å². The van der Waals surface area contributed by atoms with Gasteiger partial charge in [0.25, 0.3) is 0 Å². The Balaban J connectivity index is 1.07. The van der Waals surface area contributed by atoms with Gasteiger partial charge in [-0.3, -0.25) is 0 Å². The molecule has 9 aromatic carbocycles. The first-order chi connectivity index (χ1) is 31.2. The van der Waals surface area contributed by atoms with Crippen LogP contribution >= 0.6 is 0 Å². The predicted octanol–water partition coefficient (Wildman–Crippen LogP) is 16.8. The highest BCUT2D eigenvalue weighted by Gasteiger charge is 2.25. The van der Waals surface area contributed by atoms with Gasteiger partial charge in [0.1, 0.15) is 0 Å². The molecule has 0 spiro atoms. The molecule has 0 fully saturated rings. The van der Waals surface area contributed by atoms with Gasteiger partial charge in [-0.25, -0.2) is 0 Å². The molecule has 4 heterocycles. The van der Waals surface area contributed by atoms with Crippen molar-refractivity contribution in [2.75, 3.05) is 9.80 Å². The van der Waals surface area contributed by atoms with Crippen molar-refractivity contribution in [3.63, 3.8) is 0 Å². The zero-order valence-corrected chi connectivity index (χ0v) is 37.0. The Morgan fingerprint density at radius 1 is 0.266 bits per heavy atom. The number of nitrogens with zero attached hydrogens (tertiary/aromatic N) is 4. The number of hydrogen-bond acceptors (Lipinski definition) is 2. The number of anilines is 6. The minimum Gasteiger partial charge on any atom is -0.310 e. The van der Waals surface area contributed by atoms with E-state index in [0.29, 0.717) is 0 Å². The summed E-state index contributed by atoms with van der Waals surface area (Å²) in [7, 11) is 0. The maximum absolute atomic E-state index is 2.54. The summed E-state index contributed by atoms with van der Waals surface area (Å²) in [6.45, 7) is 13.3. The first-order valence-electron chi connectivity index (χ1n) is 22.4. The molecule has 0 aliphatic carbocycles. The molecule has 0 bridgehead atoms. The van der Waals surface area contributed by atoms with Crippen molar-refractivity contribution in [1.82, 2.24) is 8.80 Å². The third-order valence-corrected chi connectivity index (χ3v) is 14.6. The van der Waals surface area contributed by atoms with E-state index in [1.807, 2.05) is 0 Å². The van der Waals surface area contributed by atoms with Gasteiger partial charge in [0.2, 0.25) is 0 Å². The van der Waals surface area contributed by atoms with E-state index >= 15 is 0 Å². The molecule has 0 aliphatic heterocycles. The first kappa shape index (κ1) is 36.8. The Morgan fingerprint density at radius 2 is 0.609 bits per heavy atom. The lowest BCUT2D eigenvalue weighted by Crippen LogP contribution is -2.11. The summed E-state index contributed by atoms with van der Waals surface area (Å²) in [5.74, 6) is 0. The highest BCUT2D eigenvalue weighted by molar-refractivity contribution is 6.29. The summed E-state index contributed by atoms with van der Waals surface area (Å²) in [6.07, 6.45) is 0. The number of fused-ring (bicyclic) bond motifs is 12. The average Bonchev–Trinajstić information content (AvgIpc) is 4.03. The summed E-state index contributed by atoms with van der Waals surface area (Å²) in [4.78, 5) is 4.83. The van der Waals surface area contributed by atoms with Gasteiger partial charge in [-0.1, -0.05) is 84.9 Å². The third kappa shape index (κ3) is 5.05. The zero-order valence-electron chi connectivity index (χ0n) is 37.0. The molecule has 0 unspecified atom stereocenters. The molecule has 0 atom stereocenters. The minimum atomic E-state index is 1.14. The molecular formula is C60H46N4. The van der Waals surface area contributed by atoms with Crippen molar-refractivity contribution >= 4 is 110 Å². The Morgan fingerprint density at radius 3 is 0.984 bits per heavy atom. The van der Waals surface area contributed by atoms with Gasteiger partial charge in [-0.05, 0) is 160 Å². The number of rotatable bonds is 6. The molecule has 64 heavy (non-hydrogen) atoms. The lowest BCUT2D eigenvalue weighted by molar-refractivity contribution is 1.21. The lowest BCUT2D eigenvalue weighted by atomic mass is 10.0. The standard InChI is InChI=1S/C60H46N4/c1-35-27-45(28-36(2)39(35)5)61(41-15-9-7-10-16-41)43-23-25-47-49-19-13-21-51-53-34-58-54(33-57(53)63(59(49)51)55(47)31-43)52-22-14-20-50-48-26-24-44(32-56(48)64(58)60(50)52)62(42-17-11-8-12-18-42)46-29-37(3)40(6)38(4)30-46/h7-34H,1-6H3. The second kappa shape index (κ2) is 13.3. The van der Waals surface area contributed by atoms with Crippen LogP contribution in [0.25, 0.3) is 76.2 Å². The smallest absolute Gasteiger partial charge is 0.0620 e. The van der Waals surface area contributed by atoms with Crippen LogP contribution in [0, 0.1) is 41.5 Å². The van der Waals surface area contributed by atoms with Crippen molar-refractivity contribution < 1.29 is 0 Å². The Bertz CT molecular complexity index is 3710. The fraction of sp³-hybridized carbons (Fsp3) is 0.100. The third-order valence-electron chi connectivity index (χ3n) is 14.6. The molecular weight excluding hydrogens is 777 g/mol. The van der Waals surface area contributed by atoms with Crippen LogP contribution < -0.4 is 9.80 Å². The lowest BCUT2D eigenvalue weighted by Gasteiger charge is -2.27. The van der Waals surface area contributed by atoms with Crippen molar-refractivity contribution in [1.29, 1.82) is 0 Å². The van der Waals surface area contributed by atoms with E-state index in [1.54, 1.807) is 0 Å². The van der Waals surface area contributed by atoms with E-state index in [4.69, 9.17) is 0 Å². The van der Waals surface area contributed by atoms with E-state index in [-0.39, 0.29) is 0 Å². The summed E-state index contributed by atoms with van der Waals surface area (Å²) >= 11 is 0. The molecule has 4 nitrogen and oxygen atoms in total. The van der Waals surface area contributed by atoms with E-state index in [9.17, 15) is 0 Å². The number of aromatic nitrogens is 2. The Hall–Kier alpha value is -7.82. The van der Waals surface area contributed by atoms with Gasteiger partial charge in [0.05, 0.1) is 33.1 Å². The van der Waals surface area contributed by atoms with Crippen LogP contribution in [0.2, 0.25) is 0 Å². The highest BCUT2D eigenvalue weighted by Crippen LogP contribution is 2.47. The summed E-state index contributed by atoms with van der Waals surface area (Å²) < 4.78 is 5.09. The van der Waals surface area contributed by atoms with E-state index < -0.39 is 0 Å². The summed E-state index contributed by atoms with van der Waals surface area (Å²) in [5.41, 5.74) is 22.2. The average molecular weight is 823 g/mol. The highest BCUT2D eigenvalue weighted by atomic mass is 15.1. The number of aryl methyl sites for hydroxylation is 4. The molecule has 13 rings (SSSR count). The quantitative estimate of drug-likeness (QED) is 0.166. The van der Waals surface area contributed by atoms with Crippen LogP contribution in [-0.4, -0.2) is 8.80 Å². The topological polar surface area (TPSA) is 15.3 Å². The van der Waals surface area contributed by atoms with Crippen LogP contribution in [-0.2, 0) is 0 Å². The van der Waals surface area contributed by atoms with Gasteiger partial charge >= 0.3 is 0 Å². The SMILES string of the molecule is Cc1cc(N(c2ccccc2)c2ccc3c4cccc5c6cc7c(cc6n(c3c2)c45)c2cccc3c4ccc(N(c5ccccc5)c5cc(C)c(C)c(C)c5)cc4n7c32)cc(C)c1C. The normalized spacial score (nSPS) is 12.2. The molecule has 13 aromatic rings. The van der Waals surface area contributed by atoms with Crippen molar-refractivity contribution in [3.8, 4) is 0 Å². The van der Waals surface area contributed by atoms with Crippen LogP contribution in [0.4, 0.5) is 34.1 Å². The second-order valence-corrected chi connectivity index (χ2v) is 18.1. The van der Waals surface area contributed by atoms with E-state index in [0.717, 1.165) is 22.7 Å². The van der Waals surface area contributed by atoms with Crippen LogP contribution in [0.15, 0.2) is 170 Å². The molecule has 0 aliphatic rings. The summed E-state index contributed by atoms with van der Waals surface area (Å²) in [6, 6.07) is 63.7. The van der Waals surface area contributed by atoms with E-state index in [1.165, 1.54) is 121 Å². The largest absolute Gasteiger partial charge is 0.310 e. The molecule has 0 saturated carbocycles. The Kier molecular flexibility index (Phi) is 7.67. The fourth-order valence-electron chi connectivity index (χ4n) is 11.0. The second-order valence-electron chi connectivity index (χ2n) is 18.1. The monoisotopic (exact) mass is 822 g/mol. The van der Waals surface area contributed by atoms with Crippen LogP contribution in [0.5, 0.6) is 0 Å². The zero-order chi connectivity index (χ0) is 43.1. The van der Waals surface area contributed by atoms with Gasteiger partial charge in [0.15, 0.2) is 0 Å².